The van der Waals surface area contributed by atoms with Crippen LogP contribution in [0.15, 0.2) is 36.5 Å². The maximum absolute atomic E-state index is 10.5. The van der Waals surface area contributed by atoms with Gasteiger partial charge in [0.25, 0.3) is 0 Å². The molecule has 1 aromatic carbocycles. The fraction of sp³-hybridized carbons (Fsp3) is 0.286. The molecule has 0 aliphatic rings. The fourth-order valence-electron chi connectivity index (χ4n) is 3.37. The second kappa shape index (κ2) is 8.59. The second-order valence-corrected chi connectivity index (χ2v) is 7.90. The predicted octanol–water partition coefficient (Wildman–Crippen LogP) is 2.84. The van der Waals surface area contributed by atoms with Crippen molar-refractivity contribution in [3.05, 3.63) is 47.8 Å². The summed E-state index contributed by atoms with van der Waals surface area (Å²) in [4.78, 5) is 22.1. The van der Waals surface area contributed by atoms with Crippen LogP contribution in [-0.4, -0.2) is 47.5 Å². The summed E-state index contributed by atoms with van der Waals surface area (Å²) in [6.45, 7) is 4.13. The van der Waals surface area contributed by atoms with Crippen molar-refractivity contribution in [1.29, 1.82) is 0 Å². The van der Waals surface area contributed by atoms with E-state index in [4.69, 9.17) is 4.98 Å². The van der Waals surface area contributed by atoms with Crippen molar-refractivity contribution in [2.24, 2.45) is 0 Å². The SMILES string of the molecule is CNCCc1cccc(-c2cc3nc(NCCNC=O)c4ncc(C)n4c3s2)c1. The third kappa shape index (κ3) is 3.94. The van der Waals surface area contributed by atoms with Crippen LogP contribution in [0.5, 0.6) is 0 Å². The summed E-state index contributed by atoms with van der Waals surface area (Å²) in [6.07, 6.45) is 3.56. The molecule has 150 valence electrons. The molecular weight excluding hydrogens is 384 g/mol. The number of nitrogens with one attached hydrogen (secondary N) is 3. The summed E-state index contributed by atoms with van der Waals surface area (Å²) in [5.41, 5.74) is 5.33. The molecule has 4 rings (SSSR count). The van der Waals surface area contributed by atoms with Gasteiger partial charge in [0.1, 0.15) is 10.3 Å². The first-order chi connectivity index (χ1) is 14.2. The number of rotatable bonds is 9. The number of amides is 1. The lowest BCUT2D eigenvalue weighted by atomic mass is 10.1. The van der Waals surface area contributed by atoms with E-state index in [-0.39, 0.29) is 0 Å². The Bertz CT molecular complexity index is 1150. The van der Waals surface area contributed by atoms with Gasteiger partial charge in [-0.3, -0.25) is 9.20 Å². The number of fused-ring (bicyclic) bond motifs is 3. The Morgan fingerprint density at radius 2 is 2.10 bits per heavy atom. The Morgan fingerprint density at radius 1 is 1.21 bits per heavy atom. The smallest absolute Gasteiger partial charge is 0.207 e. The molecule has 0 saturated carbocycles. The van der Waals surface area contributed by atoms with E-state index >= 15 is 0 Å². The number of carbonyl (C=O) groups is 1. The molecule has 0 radical (unpaired) electrons. The minimum Gasteiger partial charge on any atom is -0.365 e. The molecule has 3 aromatic heterocycles. The predicted molar refractivity (Wildman–Crippen MR) is 119 cm³/mol. The summed E-state index contributed by atoms with van der Waals surface area (Å²) in [7, 11) is 1.97. The zero-order chi connectivity index (χ0) is 20.2. The third-order valence-electron chi connectivity index (χ3n) is 4.80. The molecule has 29 heavy (non-hydrogen) atoms. The van der Waals surface area contributed by atoms with E-state index in [1.54, 1.807) is 11.3 Å². The molecular formula is C21H24N6OS. The lowest BCUT2D eigenvalue weighted by Gasteiger charge is -2.08. The van der Waals surface area contributed by atoms with E-state index < -0.39 is 0 Å². The van der Waals surface area contributed by atoms with E-state index in [0.29, 0.717) is 19.5 Å². The Hall–Kier alpha value is -2.97. The molecule has 3 N–H and O–H groups in total. The van der Waals surface area contributed by atoms with Crippen molar-refractivity contribution >= 4 is 39.6 Å². The lowest BCUT2D eigenvalue weighted by molar-refractivity contribution is -0.109. The minimum atomic E-state index is 0.531. The number of aryl methyl sites for hydroxylation is 1. The molecule has 0 unspecified atom stereocenters. The van der Waals surface area contributed by atoms with Gasteiger partial charge in [-0.1, -0.05) is 24.3 Å². The lowest BCUT2D eigenvalue weighted by Crippen LogP contribution is -2.21. The number of nitrogens with zero attached hydrogens (tertiary/aromatic N) is 3. The molecule has 0 spiro atoms. The van der Waals surface area contributed by atoms with Crippen LogP contribution in [0.2, 0.25) is 0 Å². The molecule has 1 amide bonds. The standard InChI is InChI=1S/C21H24N6OS/c1-14-12-25-20-19(24-9-8-23-13-28)26-17-11-18(29-21(17)27(14)20)16-5-3-4-15(10-16)6-7-22-2/h3-5,10-13,22H,6-9H2,1-2H3,(H,23,28)(H,24,26). The van der Waals surface area contributed by atoms with Crippen LogP contribution in [-0.2, 0) is 11.2 Å². The number of hydrogen-bond donors (Lipinski definition) is 3. The van der Waals surface area contributed by atoms with Crippen LogP contribution in [0.4, 0.5) is 5.82 Å². The van der Waals surface area contributed by atoms with Crippen LogP contribution in [0, 0.1) is 6.92 Å². The number of likely N-dealkylation sites (N-methyl/N-ethyl adjacent to an activating group) is 1. The average Bonchev–Trinajstić information content (AvgIpc) is 3.33. The molecule has 0 bridgehead atoms. The van der Waals surface area contributed by atoms with Crippen molar-refractivity contribution < 1.29 is 4.79 Å². The number of hydrogen-bond acceptors (Lipinski definition) is 6. The summed E-state index contributed by atoms with van der Waals surface area (Å²) in [6, 6.07) is 10.8. The summed E-state index contributed by atoms with van der Waals surface area (Å²) in [5.74, 6) is 0.727. The second-order valence-electron chi connectivity index (χ2n) is 6.87. The van der Waals surface area contributed by atoms with Gasteiger partial charge in [-0.15, -0.1) is 11.3 Å². The van der Waals surface area contributed by atoms with Crippen molar-refractivity contribution in [2.45, 2.75) is 13.3 Å². The zero-order valence-electron chi connectivity index (χ0n) is 16.5. The number of aromatic nitrogens is 3. The number of anilines is 1. The Kier molecular flexibility index (Phi) is 5.73. The normalized spacial score (nSPS) is 11.2. The molecule has 0 aliphatic heterocycles. The van der Waals surface area contributed by atoms with Crippen LogP contribution in [0.25, 0.3) is 26.4 Å². The molecule has 0 atom stereocenters. The summed E-state index contributed by atoms with van der Waals surface area (Å²) >= 11 is 1.73. The highest BCUT2D eigenvalue weighted by atomic mass is 32.1. The van der Waals surface area contributed by atoms with Crippen molar-refractivity contribution in [3.63, 3.8) is 0 Å². The van der Waals surface area contributed by atoms with Crippen LogP contribution < -0.4 is 16.0 Å². The number of carbonyl (C=O) groups excluding carboxylic acids is 1. The van der Waals surface area contributed by atoms with Gasteiger partial charge in [0, 0.05) is 29.9 Å². The first-order valence-corrected chi connectivity index (χ1v) is 10.5. The highest BCUT2D eigenvalue weighted by molar-refractivity contribution is 7.21. The largest absolute Gasteiger partial charge is 0.365 e. The minimum absolute atomic E-state index is 0.531. The summed E-state index contributed by atoms with van der Waals surface area (Å²) < 4.78 is 2.15. The number of imidazole rings is 1. The average molecular weight is 409 g/mol. The van der Waals surface area contributed by atoms with Gasteiger partial charge in [0.15, 0.2) is 11.5 Å². The quantitative estimate of drug-likeness (QED) is 0.293. The number of benzene rings is 1. The van der Waals surface area contributed by atoms with E-state index in [0.717, 1.165) is 40.5 Å². The Labute approximate surface area is 173 Å². The highest BCUT2D eigenvalue weighted by Gasteiger charge is 2.15. The number of thiophene rings is 1. The van der Waals surface area contributed by atoms with Gasteiger partial charge in [-0.05, 0) is 44.1 Å². The zero-order valence-corrected chi connectivity index (χ0v) is 17.3. The topological polar surface area (TPSA) is 83.4 Å². The maximum Gasteiger partial charge on any atom is 0.207 e. The molecule has 0 saturated heterocycles. The molecule has 7 nitrogen and oxygen atoms in total. The van der Waals surface area contributed by atoms with Gasteiger partial charge in [-0.25, -0.2) is 9.97 Å². The maximum atomic E-state index is 10.5. The van der Waals surface area contributed by atoms with E-state index in [9.17, 15) is 4.79 Å². The van der Waals surface area contributed by atoms with E-state index in [2.05, 4.69) is 62.6 Å². The van der Waals surface area contributed by atoms with E-state index in [1.807, 2.05) is 13.2 Å². The van der Waals surface area contributed by atoms with Gasteiger partial charge >= 0.3 is 0 Å². The van der Waals surface area contributed by atoms with Crippen molar-refractivity contribution in [1.82, 2.24) is 25.0 Å². The van der Waals surface area contributed by atoms with Crippen LogP contribution in [0.3, 0.4) is 0 Å². The molecule has 0 fully saturated rings. The molecule has 0 aliphatic carbocycles. The third-order valence-corrected chi connectivity index (χ3v) is 5.96. The fourth-order valence-corrected chi connectivity index (χ4v) is 4.52. The highest BCUT2D eigenvalue weighted by Crippen LogP contribution is 2.35. The van der Waals surface area contributed by atoms with Gasteiger partial charge in [0.2, 0.25) is 6.41 Å². The van der Waals surface area contributed by atoms with Crippen molar-refractivity contribution in [3.8, 4) is 10.4 Å². The Morgan fingerprint density at radius 3 is 2.93 bits per heavy atom. The first kappa shape index (κ1) is 19.4. The van der Waals surface area contributed by atoms with Gasteiger partial charge in [-0.2, -0.15) is 0 Å². The first-order valence-electron chi connectivity index (χ1n) is 9.63. The molecule has 3 heterocycles. The van der Waals surface area contributed by atoms with Gasteiger partial charge < -0.3 is 16.0 Å². The Balaban J connectivity index is 1.74. The van der Waals surface area contributed by atoms with Crippen molar-refractivity contribution in [2.75, 3.05) is 32.0 Å². The van der Waals surface area contributed by atoms with Gasteiger partial charge in [0.05, 0.1) is 0 Å². The van der Waals surface area contributed by atoms with E-state index in [1.165, 1.54) is 16.0 Å². The molecule has 8 heteroatoms. The summed E-state index contributed by atoms with van der Waals surface area (Å²) in [5, 5.41) is 9.15. The van der Waals surface area contributed by atoms with Crippen LogP contribution in [0.1, 0.15) is 11.3 Å². The monoisotopic (exact) mass is 408 g/mol. The molecule has 4 aromatic rings. The van der Waals surface area contributed by atoms with Crippen LogP contribution >= 0.6 is 11.3 Å².